The molecular weight excluding hydrogens is 234 g/mol. The summed E-state index contributed by atoms with van der Waals surface area (Å²) in [5, 5.41) is 19.4. The summed E-state index contributed by atoms with van der Waals surface area (Å²) in [5.41, 5.74) is 0.515. The van der Waals surface area contributed by atoms with Crippen LogP contribution >= 0.6 is 0 Å². The van der Waals surface area contributed by atoms with Gasteiger partial charge in [0, 0.05) is 23.9 Å². The largest absolute Gasteiger partial charge is 0.328 e. The number of hydrogen-bond acceptors (Lipinski definition) is 4. The third kappa shape index (κ3) is 1.97. The molecule has 0 spiro atoms. The number of pyridine rings is 1. The first-order valence-electron chi connectivity index (χ1n) is 5.00. The number of aromatic nitrogens is 1. The van der Waals surface area contributed by atoms with E-state index in [1.165, 1.54) is 30.5 Å². The fraction of sp³-hybridized carbons (Fsp3) is 0. The maximum absolute atomic E-state index is 11.4. The minimum Gasteiger partial charge on any atom is -0.328 e. The maximum atomic E-state index is 11.4. The van der Waals surface area contributed by atoms with Crippen molar-refractivity contribution in [2.45, 2.75) is 0 Å². The molecule has 2 aromatic rings. The molecule has 1 heterocycles. The van der Waals surface area contributed by atoms with Gasteiger partial charge in [-0.05, 0) is 23.8 Å². The molecule has 6 heteroatoms. The zero-order chi connectivity index (χ0) is 13.1. The van der Waals surface area contributed by atoms with Gasteiger partial charge in [-0.2, -0.15) is 5.26 Å². The predicted octanol–water partition coefficient (Wildman–Crippen LogP) is 1.82. The van der Waals surface area contributed by atoms with Gasteiger partial charge in [-0.15, -0.1) is 0 Å². The highest BCUT2D eigenvalue weighted by atomic mass is 16.6. The van der Waals surface area contributed by atoms with Crippen molar-refractivity contribution in [2.75, 3.05) is 0 Å². The predicted molar refractivity (Wildman–Crippen MR) is 63.9 cm³/mol. The summed E-state index contributed by atoms with van der Waals surface area (Å²) in [6.45, 7) is 0. The van der Waals surface area contributed by atoms with Gasteiger partial charge in [0.15, 0.2) is 0 Å². The van der Waals surface area contributed by atoms with E-state index in [9.17, 15) is 14.9 Å². The van der Waals surface area contributed by atoms with E-state index in [0.29, 0.717) is 11.1 Å². The van der Waals surface area contributed by atoms with Crippen LogP contribution in [0.25, 0.3) is 11.1 Å². The van der Waals surface area contributed by atoms with Gasteiger partial charge < -0.3 is 4.98 Å². The van der Waals surface area contributed by atoms with E-state index >= 15 is 0 Å². The quantitative estimate of drug-likeness (QED) is 0.640. The monoisotopic (exact) mass is 241 g/mol. The molecule has 0 amide bonds. The molecule has 1 aromatic heterocycles. The molecule has 0 aliphatic heterocycles. The molecule has 0 unspecified atom stereocenters. The van der Waals surface area contributed by atoms with E-state index in [2.05, 4.69) is 4.98 Å². The number of nitriles is 1. The number of aromatic amines is 1. The first kappa shape index (κ1) is 11.5. The Kier molecular flexibility index (Phi) is 2.89. The Hall–Kier alpha value is -2.94. The fourth-order valence-corrected chi connectivity index (χ4v) is 1.59. The van der Waals surface area contributed by atoms with Gasteiger partial charge in [-0.1, -0.05) is 0 Å². The summed E-state index contributed by atoms with van der Waals surface area (Å²) in [5.74, 6) is 0. The van der Waals surface area contributed by atoms with E-state index in [1.807, 2.05) is 6.07 Å². The van der Waals surface area contributed by atoms with Crippen LogP contribution < -0.4 is 5.56 Å². The van der Waals surface area contributed by atoms with E-state index < -0.39 is 10.5 Å². The van der Waals surface area contributed by atoms with Crippen LogP contribution in [-0.2, 0) is 0 Å². The summed E-state index contributed by atoms with van der Waals surface area (Å²) in [6.07, 6.45) is 1.43. The van der Waals surface area contributed by atoms with Gasteiger partial charge in [-0.3, -0.25) is 14.9 Å². The average Bonchev–Trinajstić information content (AvgIpc) is 2.38. The van der Waals surface area contributed by atoms with Gasteiger partial charge in [0.2, 0.25) is 0 Å². The van der Waals surface area contributed by atoms with Crippen molar-refractivity contribution in [3.63, 3.8) is 0 Å². The van der Waals surface area contributed by atoms with Crippen LogP contribution in [0, 0.1) is 21.4 Å². The third-order valence-electron chi connectivity index (χ3n) is 2.46. The standard InChI is InChI=1S/C12H7N3O3/c13-7-11-10(5-6-14-12(11)16)8-1-3-9(4-2-8)15(17)18/h1-6H,(H,14,16). The summed E-state index contributed by atoms with van der Waals surface area (Å²) in [4.78, 5) is 23.9. The molecule has 18 heavy (non-hydrogen) atoms. The Labute approximate surface area is 101 Å². The van der Waals surface area contributed by atoms with Gasteiger partial charge in [0.1, 0.15) is 11.6 Å². The number of rotatable bonds is 2. The second kappa shape index (κ2) is 4.51. The molecule has 0 saturated carbocycles. The molecule has 1 aromatic carbocycles. The molecule has 0 bridgehead atoms. The van der Waals surface area contributed by atoms with Crippen LogP contribution in [0.15, 0.2) is 41.3 Å². The summed E-state index contributed by atoms with van der Waals surface area (Å²) < 4.78 is 0. The zero-order valence-corrected chi connectivity index (χ0v) is 9.08. The maximum Gasteiger partial charge on any atom is 0.269 e. The molecule has 0 aliphatic rings. The van der Waals surface area contributed by atoms with Crippen LogP contribution in [-0.4, -0.2) is 9.91 Å². The van der Waals surface area contributed by atoms with Crippen LogP contribution in [0.1, 0.15) is 5.56 Å². The minimum absolute atomic E-state index is 0.00801. The van der Waals surface area contributed by atoms with Crippen molar-refractivity contribution >= 4 is 5.69 Å². The molecule has 0 saturated heterocycles. The number of H-pyrrole nitrogens is 1. The molecule has 1 N–H and O–H groups in total. The normalized spacial score (nSPS) is 9.72. The van der Waals surface area contributed by atoms with Gasteiger partial charge >= 0.3 is 0 Å². The summed E-state index contributed by atoms with van der Waals surface area (Å²) in [7, 11) is 0. The Morgan fingerprint density at radius 3 is 2.44 bits per heavy atom. The van der Waals surface area contributed by atoms with E-state index in [-0.39, 0.29) is 11.3 Å². The number of benzene rings is 1. The highest BCUT2D eigenvalue weighted by Gasteiger charge is 2.10. The molecule has 6 nitrogen and oxygen atoms in total. The number of nitro groups is 1. The summed E-state index contributed by atoms with van der Waals surface area (Å²) in [6, 6.07) is 9.08. The lowest BCUT2D eigenvalue weighted by Crippen LogP contribution is -2.10. The van der Waals surface area contributed by atoms with Crippen molar-refractivity contribution in [3.05, 3.63) is 62.6 Å². The SMILES string of the molecule is N#Cc1c(-c2ccc([N+](=O)[O-])cc2)cc[nH]c1=O. The van der Waals surface area contributed by atoms with Crippen molar-refractivity contribution in [3.8, 4) is 17.2 Å². The van der Waals surface area contributed by atoms with Crippen LogP contribution in [0.2, 0.25) is 0 Å². The first-order valence-corrected chi connectivity index (χ1v) is 5.00. The minimum atomic E-state index is -0.507. The van der Waals surface area contributed by atoms with Crippen molar-refractivity contribution in [1.82, 2.24) is 4.98 Å². The lowest BCUT2D eigenvalue weighted by Gasteiger charge is -2.02. The second-order valence-electron chi connectivity index (χ2n) is 3.51. The number of nitrogens with one attached hydrogen (secondary N) is 1. The Balaban J connectivity index is 2.57. The first-order chi connectivity index (χ1) is 8.63. The lowest BCUT2D eigenvalue weighted by atomic mass is 10.0. The van der Waals surface area contributed by atoms with Gasteiger partial charge in [-0.25, -0.2) is 0 Å². The van der Waals surface area contributed by atoms with Crippen LogP contribution in [0.4, 0.5) is 5.69 Å². The number of nitro benzene ring substituents is 1. The second-order valence-corrected chi connectivity index (χ2v) is 3.51. The molecule has 0 aliphatic carbocycles. The molecule has 0 radical (unpaired) electrons. The van der Waals surface area contributed by atoms with E-state index in [1.54, 1.807) is 6.07 Å². The zero-order valence-electron chi connectivity index (χ0n) is 9.08. The number of hydrogen-bond donors (Lipinski definition) is 1. The molecule has 0 atom stereocenters. The van der Waals surface area contributed by atoms with Crippen LogP contribution in [0.5, 0.6) is 0 Å². The van der Waals surface area contributed by atoms with Crippen molar-refractivity contribution < 1.29 is 4.92 Å². The summed E-state index contributed by atoms with van der Waals surface area (Å²) >= 11 is 0. The Bertz CT molecular complexity index is 696. The van der Waals surface area contributed by atoms with E-state index in [0.717, 1.165) is 0 Å². The topological polar surface area (TPSA) is 99.8 Å². The molecule has 2 rings (SSSR count). The van der Waals surface area contributed by atoms with Gasteiger partial charge in [0.25, 0.3) is 11.2 Å². The highest BCUT2D eigenvalue weighted by Crippen LogP contribution is 2.23. The Morgan fingerprint density at radius 2 is 1.89 bits per heavy atom. The molecule has 0 fully saturated rings. The van der Waals surface area contributed by atoms with Crippen LogP contribution in [0.3, 0.4) is 0 Å². The molecular formula is C12H7N3O3. The Morgan fingerprint density at radius 1 is 1.22 bits per heavy atom. The molecule has 88 valence electrons. The lowest BCUT2D eigenvalue weighted by molar-refractivity contribution is -0.384. The number of non-ortho nitro benzene ring substituents is 1. The van der Waals surface area contributed by atoms with Crippen molar-refractivity contribution in [2.24, 2.45) is 0 Å². The average molecular weight is 241 g/mol. The number of nitrogens with zero attached hydrogens (tertiary/aromatic N) is 2. The highest BCUT2D eigenvalue weighted by molar-refractivity contribution is 5.70. The van der Waals surface area contributed by atoms with Crippen molar-refractivity contribution in [1.29, 1.82) is 5.26 Å². The smallest absolute Gasteiger partial charge is 0.269 e. The van der Waals surface area contributed by atoms with Gasteiger partial charge in [0.05, 0.1) is 4.92 Å². The fourth-order valence-electron chi connectivity index (χ4n) is 1.59. The third-order valence-corrected chi connectivity index (χ3v) is 2.46. The van der Waals surface area contributed by atoms with E-state index in [4.69, 9.17) is 5.26 Å².